The van der Waals surface area contributed by atoms with Crippen LogP contribution in [-0.2, 0) is 19.9 Å². The Bertz CT molecular complexity index is 713. The van der Waals surface area contributed by atoms with Crippen molar-refractivity contribution in [3.63, 3.8) is 0 Å². The number of ketones is 1. The van der Waals surface area contributed by atoms with Crippen molar-refractivity contribution in [1.29, 1.82) is 0 Å². The first-order valence-corrected chi connectivity index (χ1v) is 6.37. The predicted octanol–water partition coefficient (Wildman–Crippen LogP) is 2.52. The zero-order chi connectivity index (χ0) is 16.0. The van der Waals surface area contributed by atoms with Gasteiger partial charge in [-0.1, -0.05) is 48.5 Å². The zero-order valence-corrected chi connectivity index (χ0v) is 11.4. The van der Waals surface area contributed by atoms with Gasteiger partial charge in [-0.2, -0.15) is 10.2 Å². The van der Waals surface area contributed by atoms with Gasteiger partial charge in [0.15, 0.2) is 6.29 Å². The second kappa shape index (κ2) is 6.53. The van der Waals surface area contributed by atoms with Crippen molar-refractivity contribution in [2.45, 2.75) is 5.54 Å². The van der Waals surface area contributed by atoms with Crippen LogP contribution >= 0.6 is 0 Å². The molecule has 6 heteroatoms. The second-order valence-electron chi connectivity index (χ2n) is 4.42. The minimum Gasteiger partial charge on any atom is -0.475 e. The first-order valence-electron chi connectivity index (χ1n) is 6.37. The van der Waals surface area contributed by atoms with E-state index >= 15 is 0 Å². The number of benzene rings is 2. The molecule has 0 radical (unpaired) electrons. The third-order valence-corrected chi connectivity index (χ3v) is 3.00. The summed E-state index contributed by atoms with van der Waals surface area (Å²) in [6, 6.07) is 16.2. The van der Waals surface area contributed by atoms with E-state index in [1.54, 1.807) is 48.5 Å². The van der Waals surface area contributed by atoms with Crippen molar-refractivity contribution in [3.05, 3.63) is 66.2 Å². The van der Waals surface area contributed by atoms with Crippen LogP contribution in [0.15, 0.2) is 70.9 Å². The van der Waals surface area contributed by atoms with Gasteiger partial charge in [0, 0.05) is 0 Å². The number of aldehydes is 1. The molecule has 2 rings (SSSR count). The molecule has 2 aromatic rings. The maximum absolute atomic E-state index is 12.0. The molecule has 0 aliphatic carbocycles. The number of Topliss-reactive ketones (excluding diaryl/α,β-unsaturated/α-hetero) is 1. The topological polar surface area (TPSA) is 96.2 Å². The van der Waals surface area contributed by atoms with E-state index in [0.29, 0.717) is 5.69 Å². The molecule has 0 saturated carbocycles. The smallest absolute Gasteiger partial charge is 0.375 e. The lowest BCUT2D eigenvalue weighted by Gasteiger charge is -2.19. The summed E-state index contributed by atoms with van der Waals surface area (Å²) in [5.41, 5.74) is -1.64. The van der Waals surface area contributed by atoms with E-state index in [2.05, 4.69) is 10.2 Å². The van der Waals surface area contributed by atoms with Gasteiger partial charge in [-0.15, -0.1) is 0 Å². The fourth-order valence-corrected chi connectivity index (χ4v) is 1.87. The quantitative estimate of drug-likeness (QED) is 0.383. The van der Waals surface area contributed by atoms with Crippen molar-refractivity contribution < 1.29 is 19.5 Å². The molecule has 0 amide bonds. The van der Waals surface area contributed by atoms with E-state index in [0.717, 1.165) is 0 Å². The number of hydrogen-bond acceptors (Lipinski definition) is 5. The van der Waals surface area contributed by atoms with Gasteiger partial charge < -0.3 is 5.11 Å². The van der Waals surface area contributed by atoms with Crippen LogP contribution in [0.5, 0.6) is 0 Å². The summed E-state index contributed by atoms with van der Waals surface area (Å²) in [7, 11) is 0. The Kier molecular flexibility index (Phi) is 4.53. The van der Waals surface area contributed by atoms with Crippen molar-refractivity contribution in [2.24, 2.45) is 10.2 Å². The summed E-state index contributed by atoms with van der Waals surface area (Å²) < 4.78 is 0. The minimum atomic E-state index is -2.19. The molecule has 22 heavy (non-hydrogen) atoms. The molecular formula is C16H12N2O4. The Morgan fingerprint density at radius 1 is 0.955 bits per heavy atom. The van der Waals surface area contributed by atoms with Crippen LogP contribution in [0.1, 0.15) is 5.56 Å². The van der Waals surface area contributed by atoms with E-state index < -0.39 is 17.3 Å². The lowest BCUT2D eigenvalue weighted by atomic mass is 9.88. The number of rotatable bonds is 6. The third kappa shape index (κ3) is 2.95. The molecule has 1 atom stereocenters. The molecule has 2 aromatic carbocycles. The average molecular weight is 296 g/mol. The number of carbonyl (C=O) groups excluding carboxylic acids is 2. The molecule has 0 spiro atoms. The molecule has 0 heterocycles. The number of hydrogen-bond donors (Lipinski definition) is 1. The number of carboxylic acids is 1. The number of carboxylic acid groups (broad SMARTS) is 1. The summed E-state index contributed by atoms with van der Waals surface area (Å²) >= 11 is 0. The van der Waals surface area contributed by atoms with Crippen LogP contribution in [0.25, 0.3) is 0 Å². The second-order valence-corrected chi connectivity index (χ2v) is 4.42. The summed E-state index contributed by atoms with van der Waals surface area (Å²) in [5.74, 6) is -3.10. The highest BCUT2D eigenvalue weighted by atomic mass is 16.4. The maximum atomic E-state index is 12.0. The van der Waals surface area contributed by atoms with Crippen LogP contribution < -0.4 is 0 Å². The Morgan fingerprint density at radius 2 is 1.50 bits per heavy atom. The molecule has 110 valence electrons. The molecule has 1 unspecified atom stereocenters. The normalized spacial score (nSPS) is 13.5. The molecule has 0 fully saturated rings. The van der Waals surface area contributed by atoms with E-state index in [1.807, 2.05) is 0 Å². The molecule has 0 aromatic heterocycles. The molecule has 0 aliphatic heterocycles. The highest BCUT2D eigenvalue weighted by molar-refractivity contribution is 6.40. The van der Waals surface area contributed by atoms with Gasteiger partial charge >= 0.3 is 5.97 Å². The lowest BCUT2D eigenvalue weighted by molar-refractivity contribution is -0.152. The first kappa shape index (κ1) is 15.2. The Hall–Kier alpha value is -3.15. The molecule has 0 aliphatic rings. The number of carbonyl (C=O) groups is 3. The monoisotopic (exact) mass is 296 g/mol. The average Bonchev–Trinajstić information content (AvgIpc) is 2.57. The van der Waals surface area contributed by atoms with Gasteiger partial charge in [-0.3, -0.25) is 9.59 Å². The van der Waals surface area contributed by atoms with Crippen molar-refractivity contribution in [1.82, 2.24) is 0 Å². The fourth-order valence-electron chi connectivity index (χ4n) is 1.87. The van der Waals surface area contributed by atoms with Crippen molar-refractivity contribution in [3.8, 4) is 0 Å². The SMILES string of the molecule is O=CC(N=Nc1ccccc1)(C(=O)C(=O)O)c1ccccc1. The number of aliphatic carboxylic acids is 1. The van der Waals surface area contributed by atoms with Gasteiger partial charge in [0.2, 0.25) is 5.54 Å². The molecule has 6 nitrogen and oxygen atoms in total. The minimum absolute atomic E-state index is 0.150. The van der Waals surface area contributed by atoms with Gasteiger partial charge in [-0.25, -0.2) is 4.79 Å². The molecule has 0 bridgehead atoms. The van der Waals surface area contributed by atoms with Crippen LogP contribution in [0.2, 0.25) is 0 Å². The highest BCUT2D eigenvalue weighted by Gasteiger charge is 2.45. The van der Waals surface area contributed by atoms with Gasteiger partial charge in [0.25, 0.3) is 5.78 Å². The summed E-state index contributed by atoms with van der Waals surface area (Å²) in [4.78, 5) is 34.7. The van der Waals surface area contributed by atoms with Crippen molar-refractivity contribution >= 4 is 23.7 Å². The summed E-state index contributed by atoms with van der Waals surface area (Å²) in [6.07, 6.45) is 0.200. The van der Waals surface area contributed by atoms with Crippen LogP contribution in [0.3, 0.4) is 0 Å². The third-order valence-electron chi connectivity index (χ3n) is 3.00. The summed E-state index contributed by atoms with van der Waals surface area (Å²) in [5, 5.41) is 16.6. The van der Waals surface area contributed by atoms with Gasteiger partial charge in [-0.05, 0) is 17.7 Å². The van der Waals surface area contributed by atoms with Crippen LogP contribution in [0, 0.1) is 0 Å². The van der Waals surface area contributed by atoms with Crippen LogP contribution in [-0.4, -0.2) is 23.1 Å². The van der Waals surface area contributed by atoms with Gasteiger partial charge in [0.05, 0.1) is 5.69 Å². The zero-order valence-electron chi connectivity index (χ0n) is 11.4. The molecule has 0 saturated heterocycles. The van der Waals surface area contributed by atoms with E-state index in [-0.39, 0.29) is 11.8 Å². The Balaban J connectivity index is 2.55. The van der Waals surface area contributed by atoms with Gasteiger partial charge in [0.1, 0.15) is 0 Å². The van der Waals surface area contributed by atoms with E-state index in [4.69, 9.17) is 5.11 Å². The molecule has 1 N–H and O–H groups in total. The lowest BCUT2D eigenvalue weighted by Crippen LogP contribution is -2.40. The van der Waals surface area contributed by atoms with Crippen molar-refractivity contribution in [2.75, 3.05) is 0 Å². The van der Waals surface area contributed by atoms with E-state index in [9.17, 15) is 14.4 Å². The maximum Gasteiger partial charge on any atom is 0.375 e. The number of nitrogens with zero attached hydrogens (tertiary/aromatic N) is 2. The Morgan fingerprint density at radius 3 is 2.00 bits per heavy atom. The highest BCUT2D eigenvalue weighted by Crippen LogP contribution is 2.27. The van der Waals surface area contributed by atoms with Crippen LogP contribution in [0.4, 0.5) is 5.69 Å². The van der Waals surface area contributed by atoms with E-state index in [1.165, 1.54) is 12.1 Å². The fraction of sp³-hybridized carbons (Fsp3) is 0.0625. The predicted molar refractivity (Wildman–Crippen MR) is 77.8 cm³/mol. The standard InChI is InChI=1S/C16H12N2O4/c19-11-16(14(20)15(21)22,12-7-3-1-4-8-12)18-17-13-9-5-2-6-10-13/h1-11H,(H,21,22). The number of azo groups is 1. The summed E-state index contributed by atoms with van der Waals surface area (Å²) in [6.45, 7) is 0. The first-order chi connectivity index (χ1) is 10.6. The largest absolute Gasteiger partial charge is 0.475 e. The Labute approximate surface area is 126 Å². The molecular weight excluding hydrogens is 284 g/mol.